The van der Waals surface area contributed by atoms with E-state index in [1.165, 1.54) is 13.8 Å². The maximum atomic E-state index is 11.2. The van der Waals surface area contributed by atoms with Crippen LogP contribution in [-0.4, -0.2) is 30.8 Å². The number of hydrogen-bond acceptors (Lipinski definition) is 3. The molecule has 5 nitrogen and oxygen atoms in total. The lowest BCUT2D eigenvalue weighted by molar-refractivity contribution is -0.143. The molecule has 0 aliphatic rings. The van der Waals surface area contributed by atoms with E-state index in [-0.39, 0.29) is 12.2 Å². The first-order valence-electron chi connectivity index (χ1n) is 4.52. The van der Waals surface area contributed by atoms with Gasteiger partial charge in [0.1, 0.15) is 5.54 Å². The van der Waals surface area contributed by atoms with Gasteiger partial charge >= 0.3 is 5.97 Å². The Bertz CT molecular complexity index is 298. The Morgan fingerprint density at radius 1 is 1.43 bits per heavy atom. The van der Waals surface area contributed by atoms with Crippen LogP contribution in [0.15, 0.2) is 0 Å². The molecule has 0 aromatic rings. The van der Waals surface area contributed by atoms with E-state index in [2.05, 4.69) is 4.72 Å². The number of nitrogens with one attached hydrogen (secondary N) is 1. The van der Waals surface area contributed by atoms with Crippen molar-refractivity contribution in [3.63, 3.8) is 0 Å². The summed E-state index contributed by atoms with van der Waals surface area (Å²) < 4.78 is 24.6. The van der Waals surface area contributed by atoms with Crippen molar-refractivity contribution in [2.45, 2.75) is 39.2 Å². The number of aliphatic carboxylic acids is 1. The lowest BCUT2D eigenvalue weighted by Crippen LogP contribution is -2.52. The third-order valence-electron chi connectivity index (χ3n) is 1.98. The van der Waals surface area contributed by atoms with Gasteiger partial charge in [0.2, 0.25) is 10.0 Å². The third kappa shape index (κ3) is 3.63. The van der Waals surface area contributed by atoms with Crippen LogP contribution in [0.2, 0.25) is 0 Å². The van der Waals surface area contributed by atoms with Gasteiger partial charge in [-0.05, 0) is 20.3 Å². The zero-order chi connectivity index (χ0) is 11.4. The Morgan fingerprint density at radius 2 is 1.93 bits per heavy atom. The highest BCUT2D eigenvalue weighted by atomic mass is 32.2. The van der Waals surface area contributed by atoms with Gasteiger partial charge in [0.05, 0.1) is 5.75 Å². The molecule has 0 radical (unpaired) electrons. The first-order chi connectivity index (χ1) is 6.27. The van der Waals surface area contributed by atoms with Crippen LogP contribution < -0.4 is 4.72 Å². The largest absolute Gasteiger partial charge is 0.480 e. The Kier molecular flexibility index (Phi) is 4.54. The zero-order valence-corrected chi connectivity index (χ0v) is 9.52. The average molecular weight is 223 g/mol. The highest BCUT2D eigenvalue weighted by Gasteiger charge is 2.35. The van der Waals surface area contributed by atoms with Crippen molar-refractivity contribution in [1.29, 1.82) is 0 Å². The SMILES string of the molecule is CCCC(C)(NS(=O)(=O)CC)C(=O)O. The zero-order valence-electron chi connectivity index (χ0n) is 8.70. The number of sulfonamides is 1. The Labute approximate surface area is 84.6 Å². The second kappa shape index (κ2) is 4.75. The summed E-state index contributed by atoms with van der Waals surface area (Å²) in [5.74, 6) is -1.25. The Hall–Kier alpha value is -0.620. The Morgan fingerprint density at radius 3 is 2.21 bits per heavy atom. The van der Waals surface area contributed by atoms with Crippen LogP contribution in [0.1, 0.15) is 33.6 Å². The number of carboxylic acid groups (broad SMARTS) is 1. The topological polar surface area (TPSA) is 83.5 Å². The molecule has 0 aliphatic carbocycles. The van der Waals surface area contributed by atoms with E-state index >= 15 is 0 Å². The molecule has 1 unspecified atom stereocenters. The molecule has 0 aliphatic heterocycles. The second-order valence-electron chi connectivity index (χ2n) is 3.39. The van der Waals surface area contributed by atoms with Crippen LogP contribution >= 0.6 is 0 Å². The molecule has 1 atom stereocenters. The molecule has 0 amide bonds. The highest BCUT2D eigenvalue weighted by Crippen LogP contribution is 2.14. The molecular weight excluding hydrogens is 206 g/mol. The first-order valence-corrected chi connectivity index (χ1v) is 6.17. The van der Waals surface area contributed by atoms with Gasteiger partial charge in [-0.3, -0.25) is 4.79 Å². The summed E-state index contributed by atoms with van der Waals surface area (Å²) in [7, 11) is -3.48. The number of carboxylic acids is 1. The molecule has 0 rings (SSSR count). The predicted octanol–water partition coefficient (Wildman–Crippen LogP) is 0.569. The quantitative estimate of drug-likeness (QED) is 0.689. The van der Waals surface area contributed by atoms with Crippen molar-refractivity contribution >= 4 is 16.0 Å². The fourth-order valence-electron chi connectivity index (χ4n) is 1.12. The van der Waals surface area contributed by atoms with Crippen molar-refractivity contribution in [1.82, 2.24) is 4.72 Å². The summed E-state index contributed by atoms with van der Waals surface area (Å²) in [6, 6.07) is 0. The summed E-state index contributed by atoms with van der Waals surface area (Å²) in [6.07, 6.45) is 0.886. The van der Waals surface area contributed by atoms with E-state index in [4.69, 9.17) is 5.11 Å². The predicted molar refractivity (Wildman–Crippen MR) is 53.5 cm³/mol. The maximum absolute atomic E-state index is 11.2. The van der Waals surface area contributed by atoms with Crippen LogP contribution in [0.5, 0.6) is 0 Å². The molecule has 0 spiro atoms. The fourth-order valence-corrected chi connectivity index (χ4v) is 2.14. The van der Waals surface area contributed by atoms with Crippen LogP contribution in [0.25, 0.3) is 0 Å². The number of rotatable bonds is 6. The van der Waals surface area contributed by atoms with E-state index in [1.807, 2.05) is 0 Å². The van der Waals surface area contributed by atoms with Gasteiger partial charge in [0, 0.05) is 0 Å². The van der Waals surface area contributed by atoms with Crippen LogP contribution in [0, 0.1) is 0 Å². The highest BCUT2D eigenvalue weighted by molar-refractivity contribution is 7.89. The first kappa shape index (κ1) is 13.4. The molecule has 6 heteroatoms. The second-order valence-corrected chi connectivity index (χ2v) is 5.40. The van der Waals surface area contributed by atoms with E-state index in [0.717, 1.165) is 0 Å². The average Bonchev–Trinajstić information content (AvgIpc) is 2.03. The molecule has 0 saturated carbocycles. The molecule has 2 N–H and O–H groups in total. The number of hydrogen-bond donors (Lipinski definition) is 2. The minimum atomic E-state index is -3.48. The molecule has 0 bridgehead atoms. The smallest absolute Gasteiger partial charge is 0.324 e. The third-order valence-corrected chi connectivity index (χ3v) is 3.50. The minimum Gasteiger partial charge on any atom is -0.480 e. The van der Waals surface area contributed by atoms with Gasteiger partial charge in [0.15, 0.2) is 0 Å². The lowest BCUT2D eigenvalue weighted by atomic mass is 9.98. The Balaban J connectivity index is 4.79. The van der Waals surface area contributed by atoms with E-state index in [0.29, 0.717) is 6.42 Å². The standard InChI is InChI=1S/C8H17NO4S/c1-4-6-8(3,7(10)11)9-14(12,13)5-2/h9H,4-6H2,1-3H3,(H,10,11). The minimum absolute atomic E-state index is 0.112. The van der Waals surface area contributed by atoms with E-state index < -0.39 is 21.5 Å². The van der Waals surface area contributed by atoms with Gasteiger partial charge in [-0.2, -0.15) is 4.72 Å². The molecule has 0 aromatic carbocycles. The van der Waals surface area contributed by atoms with Gasteiger partial charge < -0.3 is 5.11 Å². The molecule has 0 fully saturated rings. The van der Waals surface area contributed by atoms with Crippen LogP contribution in [-0.2, 0) is 14.8 Å². The summed E-state index contributed by atoms with van der Waals surface area (Å²) in [6.45, 7) is 4.66. The van der Waals surface area contributed by atoms with Gasteiger partial charge in [-0.25, -0.2) is 8.42 Å². The maximum Gasteiger partial charge on any atom is 0.324 e. The lowest BCUT2D eigenvalue weighted by Gasteiger charge is -2.24. The molecule has 14 heavy (non-hydrogen) atoms. The molecule has 84 valence electrons. The van der Waals surface area contributed by atoms with Crippen molar-refractivity contribution in [2.75, 3.05) is 5.75 Å². The van der Waals surface area contributed by atoms with Gasteiger partial charge in [0.25, 0.3) is 0 Å². The monoisotopic (exact) mass is 223 g/mol. The van der Waals surface area contributed by atoms with Crippen molar-refractivity contribution < 1.29 is 18.3 Å². The van der Waals surface area contributed by atoms with Crippen LogP contribution in [0.3, 0.4) is 0 Å². The molecule has 0 saturated heterocycles. The fraction of sp³-hybridized carbons (Fsp3) is 0.875. The molecule has 0 heterocycles. The number of carbonyl (C=O) groups is 1. The summed E-state index contributed by atoms with van der Waals surface area (Å²) in [4.78, 5) is 10.9. The summed E-state index contributed by atoms with van der Waals surface area (Å²) >= 11 is 0. The van der Waals surface area contributed by atoms with Gasteiger partial charge in [-0.15, -0.1) is 0 Å². The van der Waals surface area contributed by atoms with Crippen molar-refractivity contribution in [3.8, 4) is 0 Å². The normalized spacial score (nSPS) is 16.2. The molecular formula is C8H17NO4S. The van der Waals surface area contributed by atoms with E-state index in [9.17, 15) is 13.2 Å². The molecule has 0 aromatic heterocycles. The van der Waals surface area contributed by atoms with Crippen molar-refractivity contribution in [3.05, 3.63) is 0 Å². The van der Waals surface area contributed by atoms with Crippen LogP contribution in [0.4, 0.5) is 0 Å². The van der Waals surface area contributed by atoms with Crippen molar-refractivity contribution in [2.24, 2.45) is 0 Å². The summed E-state index contributed by atoms with van der Waals surface area (Å²) in [5, 5.41) is 8.90. The summed E-state index contributed by atoms with van der Waals surface area (Å²) in [5.41, 5.74) is -1.39. The van der Waals surface area contributed by atoms with Gasteiger partial charge in [-0.1, -0.05) is 13.3 Å². The van der Waals surface area contributed by atoms with E-state index in [1.54, 1.807) is 6.92 Å².